The molecule has 1 aliphatic heterocycles. The van der Waals surface area contributed by atoms with E-state index >= 15 is 0 Å². The standard InChI is InChI=1S/C13H26N2O3.ClH/c1-3-15(7-10-17-4-2)13(16)12(14)11-5-8-18-9-6-11;/h11-12H,3-10,14H2,1-2H3;1H. The van der Waals surface area contributed by atoms with Crippen LogP contribution in [0.25, 0.3) is 0 Å². The number of likely N-dealkylation sites (N-methyl/N-ethyl adjacent to an activating group) is 1. The van der Waals surface area contributed by atoms with Crippen molar-refractivity contribution < 1.29 is 14.3 Å². The van der Waals surface area contributed by atoms with Gasteiger partial charge in [0, 0.05) is 32.9 Å². The molecule has 1 heterocycles. The highest BCUT2D eigenvalue weighted by Gasteiger charge is 2.29. The second kappa shape index (κ2) is 10.4. The van der Waals surface area contributed by atoms with Gasteiger partial charge in [0.2, 0.25) is 5.91 Å². The summed E-state index contributed by atoms with van der Waals surface area (Å²) in [6.45, 7) is 7.93. The van der Waals surface area contributed by atoms with Crippen molar-refractivity contribution in [1.82, 2.24) is 4.90 Å². The van der Waals surface area contributed by atoms with Gasteiger partial charge in [-0.1, -0.05) is 0 Å². The molecule has 114 valence electrons. The lowest BCUT2D eigenvalue weighted by molar-refractivity contribution is -0.135. The van der Waals surface area contributed by atoms with E-state index in [2.05, 4.69) is 0 Å². The van der Waals surface area contributed by atoms with Crippen LogP contribution in [0.2, 0.25) is 0 Å². The number of amides is 1. The first-order valence-corrected chi connectivity index (χ1v) is 6.90. The molecule has 1 aliphatic rings. The number of hydrogen-bond donors (Lipinski definition) is 1. The smallest absolute Gasteiger partial charge is 0.239 e. The first kappa shape index (κ1) is 18.6. The monoisotopic (exact) mass is 294 g/mol. The fourth-order valence-corrected chi connectivity index (χ4v) is 2.23. The summed E-state index contributed by atoms with van der Waals surface area (Å²) >= 11 is 0. The molecule has 6 heteroatoms. The van der Waals surface area contributed by atoms with Gasteiger partial charge >= 0.3 is 0 Å². The van der Waals surface area contributed by atoms with Crippen LogP contribution in [0.5, 0.6) is 0 Å². The van der Waals surface area contributed by atoms with E-state index in [0.29, 0.717) is 26.3 Å². The molecule has 1 unspecified atom stereocenters. The van der Waals surface area contributed by atoms with Crippen molar-refractivity contribution in [1.29, 1.82) is 0 Å². The molecule has 0 aromatic rings. The minimum atomic E-state index is -0.393. The molecule has 0 aromatic heterocycles. The third-order valence-electron chi connectivity index (χ3n) is 3.46. The second-order valence-electron chi connectivity index (χ2n) is 4.59. The normalized spacial score (nSPS) is 17.6. The Morgan fingerprint density at radius 2 is 2.05 bits per heavy atom. The van der Waals surface area contributed by atoms with Crippen LogP contribution in [-0.2, 0) is 14.3 Å². The van der Waals surface area contributed by atoms with Gasteiger partial charge < -0.3 is 20.1 Å². The summed E-state index contributed by atoms with van der Waals surface area (Å²) in [4.78, 5) is 14.1. The van der Waals surface area contributed by atoms with E-state index in [-0.39, 0.29) is 24.2 Å². The molecule has 1 amide bonds. The summed E-state index contributed by atoms with van der Waals surface area (Å²) < 4.78 is 10.6. The number of ether oxygens (including phenoxy) is 2. The summed E-state index contributed by atoms with van der Waals surface area (Å²) in [6.07, 6.45) is 1.77. The van der Waals surface area contributed by atoms with Crippen molar-refractivity contribution in [3.63, 3.8) is 0 Å². The maximum absolute atomic E-state index is 12.3. The molecule has 1 fully saturated rings. The Morgan fingerprint density at radius 1 is 1.42 bits per heavy atom. The molecule has 2 N–H and O–H groups in total. The summed E-state index contributed by atoms with van der Waals surface area (Å²) in [7, 11) is 0. The average Bonchev–Trinajstić information content (AvgIpc) is 2.43. The van der Waals surface area contributed by atoms with Gasteiger partial charge in [-0.3, -0.25) is 4.79 Å². The van der Waals surface area contributed by atoms with E-state index in [1.54, 1.807) is 4.90 Å². The van der Waals surface area contributed by atoms with Crippen LogP contribution in [0.15, 0.2) is 0 Å². The van der Waals surface area contributed by atoms with E-state index in [4.69, 9.17) is 15.2 Å². The van der Waals surface area contributed by atoms with Gasteiger partial charge in [0.1, 0.15) is 0 Å². The van der Waals surface area contributed by atoms with Crippen LogP contribution in [0.3, 0.4) is 0 Å². The lowest BCUT2D eigenvalue weighted by atomic mass is 9.91. The largest absolute Gasteiger partial charge is 0.381 e. The minimum absolute atomic E-state index is 0. The SMILES string of the molecule is CCOCCN(CC)C(=O)C(N)C1CCOCC1.Cl. The first-order valence-electron chi connectivity index (χ1n) is 6.90. The van der Waals surface area contributed by atoms with Crippen molar-refractivity contribution in [2.75, 3.05) is 39.5 Å². The zero-order valence-corrected chi connectivity index (χ0v) is 12.8. The van der Waals surface area contributed by atoms with Crippen LogP contribution in [0.1, 0.15) is 26.7 Å². The quantitative estimate of drug-likeness (QED) is 0.713. The Balaban J connectivity index is 0.00000324. The number of rotatable bonds is 7. The van der Waals surface area contributed by atoms with Gasteiger partial charge in [0.05, 0.1) is 12.6 Å². The number of carbonyl (C=O) groups excluding carboxylic acids is 1. The second-order valence-corrected chi connectivity index (χ2v) is 4.59. The van der Waals surface area contributed by atoms with Crippen molar-refractivity contribution >= 4 is 18.3 Å². The Morgan fingerprint density at radius 3 is 2.58 bits per heavy atom. The highest BCUT2D eigenvalue weighted by atomic mass is 35.5. The van der Waals surface area contributed by atoms with Gasteiger partial charge in [-0.25, -0.2) is 0 Å². The van der Waals surface area contributed by atoms with Crippen LogP contribution in [0, 0.1) is 5.92 Å². The summed E-state index contributed by atoms with van der Waals surface area (Å²) in [5.41, 5.74) is 6.09. The molecular weight excluding hydrogens is 268 g/mol. The molecule has 0 spiro atoms. The van der Waals surface area contributed by atoms with Gasteiger partial charge in [-0.05, 0) is 32.6 Å². The molecule has 0 bridgehead atoms. The molecule has 0 radical (unpaired) electrons. The van der Waals surface area contributed by atoms with E-state index < -0.39 is 6.04 Å². The van der Waals surface area contributed by atoms with Crippen LogP contribution >= 0.6 is 12.4 Å². The van der Waals surface area contributed by atoms with Crippen LogP contribution < -0.4 is 5.73 Å². The fourth-order valence-electron chi connectivity index (χ4n) is 2.23. The number of carbonyl (C=O) groups is 1. The summed E-state index contributed by atoms with van der Waals surface area (Å²) in [5, 5.41) is 0. The van der Waals surface area contributed by atoms with E-state index in [1.165, 1.54) is 0 Å². The predicted octanol–water partition coefficient (Wildman–Crippen LogP) is 1.05. The number of hydrogen-bond acceptors (Lipinski definition) is 4. The van der Waals surface area contributed by atoms with Gasteiger partial charge in [0.25, 0.3) is 0 Å². The van der Waals surface area contributed by atoms with Gasteiger partial charge in [-0.15, -0.1) is 12.4 Å². The van der Waals surface area contributed by atoms with Crippen molar-refractivity contribution in [2.24, 2.45) is 11.7 Å². The molecule has 5 nitrogen and oxygen atoms in total. The van der Waals surface area contributed by atoms with Gasteiger partial charge in [-0.2, -0.15) is 0 Å². The van der Waals surface area contributed by atoms with Crippen molar-refractivity contribution in [2.45, 2.75) is 32.7 Å². The van der Waals surface area contributed by atoms with E-state index in [9.17, 15) is 4.79 Å². The third-order valence-corrected chi connectivity index (χ3v) is 3.46. The Hall–Kier alpha value is -0.360. The average molecular weight is 295 g/mol. The molecule has 1 atom stereocenters. The molecular formula is C13H27ClN2O3. The number of nitrogens with zero attached hydrogens (tertiary/aromatic N) is 1. The Bertz CT molecular complexity index is 248. The molecule has 0 aliphatic carbocycles. The van der Waals surface area contributed by atoms with Crippen molar-refractivity contribution in [3.8, 4) is 0 Å². The van der Waals surface area contributed by atoms with Crippen LogP contribution in [-0.4, -0.2) is 56.4 Å². The zero-order valence-electron chi connectivity index (χ0n) is 12.0. The summed E-state index contributed by atoms with van der Waals surface area (Å²) in [5.74, 6) is 0.302. The van der Waals surface area contributed by atoms with E-state index in [1.807, 2.05) is 13.8 Å². The number of nitrogens with two attached hydrogens (primary N) is 1. The molecule has 0 saturated carbocycles. The fraction of sp³-hybridized carbons (Fsp3) is 0.923. The zero-order chi connectivity index (χ0) is 13.4. The lowest BCUT2D eigenvalue weighted by Gasteiger charge is -2.31. The highest BCUT2D eigenvalue weighted by Crippen LogP contribution is 2.18. The molecule has 1 rings (SSSR count). The summed E-state index contributed by atoms with van der Waals surface area (Å²) in [6, 6.07) is -0.393. The Kier molecular flexibility index (Phi) is 10.2. The predicted molar refractivity (Wildman–Crippen MR) is 77.5 cm³/mol. The Labute approximate surface area is 122 Å². The first-order chi connectivity index (χ1) is 8.70. The molecule has 0 aromatic carbocycles. The highest BCUT2D eigenvalue weighted by molar-refractivity contribution is 5.85. The minimum Gasteiger partial charge on any atom is -0.381 e. The lowest BCUT2D eigenvalue weighted by Crippen LogP contribution is -2.49. The number of halogens is 1. The maximum Gasteiger partial charge on any atom is 0.239 e. The van der Waals surface area contributed by atoms with E-state index in [0.717, 1.165) is 26.1 Å². The topological polar surface area (TPSA) is 64.8 Å². The van der Waals surface area contributed by atoms with Crippen molar-refractivity contribution in [3.05, 3.63) is 0 Å². The van der Waals surface area contributed by atoms with Gasteiger partial charge in [0.15, 0.2) is 0 Å². The molecule has 1 saturated heterocycles. The third kappa shape index (κ3) is 6.08. The maximum atomic E-state index is 12.3. The van der Waals surface area contributed by atoms with Crippen LogP contribution in [0.4, 0.5) is 0 Å². The molecule has 19 heavy (non-hydrogen) atoms.